The number of hydrogen-bond acceptors (Lipinski definition) is 6. The van der Waals surface area contributed by atoms with Gasteiger partial charge in [0.1, 0.15) is 0 Å². The molecule has 10 heavy (non-hydrogen) atoms. The van der Waals surface area contributed by atoms with Crippen molar-refractivity contribution in [2.24, 2.45) is 0 Å². The molecule has 0 aliphatic carbocycles. The molecule has 0 saturated heterocycles. The predicted molar refractivity (Wildman–Crippen MR) is 25.1 cm³/mol. The zero-order chi connectivity index (χ0) is 7.15. The van der Waals surface area contributed by atoms with Crippen molar-refractivity contribution in [2.75, 3.05) is 0 Å². The average molecular weight is 256 g/mol. The molecule has 0 aromatic rings. The Morgan fingerprint density at radius 2 is 0.800 bits per heavy atom. The van der Waals surface area contributed by atoms with Crippen molar-refractivity contribution in [2.45, 2.75) is 0 Å². The fourth-order valence-electron chi connectivity index (χ4n) is 0. The van der Waals surface area contributed by atoms with Crippen LogP contribution in [-0.4, -0.2) is 64.4 Å². The second-order valence-electron chi connectivity index (χ2n) is 0.408. The summed E-state index contributed by atoms with van der Waals surface area (Å²) in [6.45, 7) is 0. The van der Waals surface area contributed by atoms with E-state index in [0.717, 1.165) is 0 Å². The minimum atomic E-state index is -3.11. The summed E-state index contributed by atoms with van der Waals surface area (Å²) in [5.74, 6) is 0. The van der Waals surface area contributed by atoms with Crippen LogP contribution in [-0.2, 0) is 39.8 Å². The zero-order valence-corrected chi connectivity index (χ0v) is 9.27. The summed E-state index contributed by atoms with van der Waals surface area (Å²) < 4.78 is 50.7. The predicted octanol–water partition coefficient (Wildman–Crippen LogP) is -2.39. The maximum atomic E-state index is 8.44. The molecule has 0 heterocycles. The summed E-state index contributed by atoms with van der Waals surface area (Å²) >= 11 is -6.22. The summed E-state index contributed by atoms with van der Waals surface area (Å²) in [6.07, 6.45) is 0. The maximum absolute atomic E-state index is 8.44. The SMILES string of the molecule is O=S([O-])[O-].O=S([O-])[O-].[Ca+2].[Fe+2]. The van der Waals surface area contributed by atoms with Gasteiger partial charge in [0.05, 0.1) is 0 Å². The zero-order valence-electron chi connectivity index (χ0n) is 4.33. The minimum Gasteiger partial charge on any atom is -0.784 e. The normalized spacial score (nSPS) is 7.00. The summed E-state index contributed by atoms with van der Waals surface area (Å²) in [4.78, 5) is 0. The molecule has 0 aromatic carbocycles. The van der Waals surface area contributed by atoms with Gasteiger partial charge in [-0.05, 0) is 0 Å². The Labute approximate surface area is 103 Å². The van der Waals surface area contributed by atoms with Gasteiger partial charge in [0.25, 0.3) is 0 Å². The summed E-state index contributed by atoms with van der Waals surface area (Å²) in [7, 11) is 0. The molecule has 0 aliphatic heterocycles. The Morgan fingerprint density at radius 1 is 0.800 bits per heavy atom. The van der Waals surface area contributed by atoms with Crippen LogP contribution in [0, 0.1) is 0 Å². The Hall–Kier alpha value is 1.92. The van der Waals surface area contributed by atoms with E-state index >= 15 is 0 Å². The van der Waals surface area contributed by atoms with E-state index in [4.69, 9.17) is 26.6 Å². The first-order chi connectivity index (χ1) is 3.46. The smallest absolute Gasteiger partial charge is 0.784 e. The van der Waals surface area contributed by atoms with Gasteiger partial charge in [0.2, 0.25) is 0 Å². The van der Waals surface area contributed by atoms with E-state index in [1.54, 1.807) is 0 Å². The molecule has 0 bridgehead atoms. The van der Waals surface area contributed by atoms with Gasteiger partial charge in [-0.15, -0.1) is 22.7 Å². The van der Waals surface area contributed by atoms with Crippen LogP contribution in [0.25, 0.3) is 0 Å². The van der Waals surface area contributed by atoms with Crippen LogP contribution in [0.4, 0.5) is 0 Å². The first-order valence-electron chi connectivity index (χ1n) is 1.00. The van der Waals surface area contributed by atoms with Crippen molar-refractivity contribution >= 4 is 60.5 Å². The topological polar surface area (TPSA) is 126 Å². The largest absolute Gasteiger partial charge is 2.00 e. The van der Waals surface area contributed by atoms with E-state index in [-0.39, 0.29) is 54.8 Å². The van der Waals surface area contributed by atoms with Crippen LogP contribution in [0.1, 0.15) is 0 Å². The fourth-order valence-corrected chi connectivity index (χ4v) is 0. The van der Waals surface area contributed by atoms with Crippen LogP contribution in [0.15, 0.2) is 0 Å². The Bertz CT molecular complexity index is 73.7. The van der Waals surface area contributed by atoms with Gasteiger partial charge in [-0.25, -0.2) is 0 Å². The molecule has 0 spiro atoms. The van der Waals surface area contributed by atoms with Gasteiger partial charge < -0.3 is 18.2 Å². The Balaban J connectivity index is -0.0000000300. The third-order valence-electron chi connectivity index (χ3n) is 0. The van der Waals surface area contributed by atoms with Crippen molar-refractivity contribution in [1.29, 1.82) is 0 Å². The Kier molecular flexibility index (Phi) is 38.8. The summed E-state index contributed by atoms with van der Waals surface area (Å²) in [5.41, 5.74) is 0. The second kappa shape index (κ2) is 17.1. The van der Waals surface area contributed by atoms with Gasteiger partial charge in [0.15, 0.2) is 0 Å². The summed E-state index contributed by atoms with van der Waals surface area (Å²) in [5, 5.41) is 0. The molecule has 0 saturated carbocycles. The molecule has 0 amide bonds. The van der Waals surface area contributed by atoms with Gasteiger partial charge in [-0.1, -0.05) is 0 Å². The molecule has 0 fully saturated rings. The van der Waals surface area contributed by atoms with Crippen LogP contribution in [0.5, 0.6) is 0 Å². The van der Waals surface area contributed by atoms with E-state index < -0.39 is 22.7 Å². The van der Waals surface area contributed by atoms with Crippen molar-refractivity contribution in [1.82, 2.24) is 0 Å². The molecule has 0 aliphatic rings. The average Bonchev–Trinajstić information content (AvgIpc) is 1.25. The van der Waals surface area contributed by atoms with Crippen LogP contribution < -0.4 is 0 Å². The first-order valence-corrected chi connectivity index (χ1v) is 3.00. The molecule has 0 aromatic heterocycles. The first kappa shape index (κ1) is 22.7. The van der Waals surface area contributed by atoms with Crippen LogP contribution in [0.2, 0.25) is 0 Å². The van der Waals surface area contributed by atoms with Crippen molar-refractivity contribution in [3.63, 3.8) is 0 Å². The molecule has 0 N–H and O–H groups in total. The number of rotatable bonds is 0. The third-order valence-corrected chi connectivity index (χ3v) is 0. The van der Waals surface area contributed by atoms with E-state index in [2.05, 4.69) is 0 Å². The molecular weight excluding hydrogens is 256 g/mol. The minimum absolute atomic E-state index is 0. The molecule has 58 valence electrons. The van der Waals surface area contributed by atoms with Gasteiger partial charge in [-0.3, -0.25) is 8.42 Å². The summed E-state index contributed by atoms with van der Waals surface area (Å²) in [6, 6.07) is 0. The van der Waals surface area contributed by atoms with E-state index in [1.165, 1.54) is 0 Å². The van der Waals surface area contributed by atoms with E-state index in [0.29, 0.717) is 0 Å². The molecule has 6 nitrogen and oxygen atoms in total. The van der Waals surface area contributed by atoms with E-state index in [9.17, 15) is 0 Å². The molecule has 10 heteroatoms. The van der Waals surface area contributed by atoms with Gasteiger partial charge in [-0.2, -0.15) is 0 Å². The number of hydrogen-bond donors (Lipinski definition) is 0. The molecule has 0 unspecified atom stereocenters. The van der Waals surface area contributed by atoms with Crippen molar-refractivity contribution in [3.05, 3.63) is 0 Å². The maximum Gasteiger partial charge on any atom is 2.00 e. The fraction of sp³-hybridized carbons (Fsp3) is 0. The van der Waals surface area contributed by atoms with Crippen molar-refractivity contribution in [3.8, 4) is 0 Å². The molecular formula is CaFeO6S2. The van der Waals surface area contributed by atoms with E-state index in [1.807, 2.05) is 0 Å². The van der Waals surface area contributed by atoms with Gasteiger partial charge in [0, 0.05) is 0 Å². The Morgan fingerprint density at radius 3 is 0.800 bits per heavy atom. The van der Waals surface area contributed by atoms with Crippen molar-refractivity contribution < 1.29 is 43.7 Å². The third kappa shape index (κ3) is 214. The second-order valence-corrected chi connectivity index (χ2v) is 1.22. The monoisotopic (exact) mass is 256 g/mol. The standard InChI is InChI=1S/Ca.Fe.2H2O3S/c;;2*1-4(2)3/h;;2*(H2,1,2,3)/q2*+2;;/p-4. The quantitative estimate of drug-likeness (QED) is 0.351. The molecule has 0 radical (unpaired) electrons. The van der Waals surface area contributed by atoms with Gasteiger partial charge >= 0.3 is 54.8 Å². The van der Waals surface area contributed by atoms with Crippen LogP contribution >= 0.6 is 0 Å². The van der Waals surface area contributed by atoms with Crippen LogP contribution in [0.3, 0.4) is 0 Å². The molecule has 0 rings (SSSR count). The molecule has 0 atom stereocenters.